The third-order valence-electron chi connectivity index (χ3n) is 4.92. The number of ether oxygens (including phenoxy) is 2. The number of anilines is 2. The number of amides is 1. The molecular weight excluding hydrogens is 400 g/mol. The molecule has 3 aromatic carbocycles. The molecule has 0 bridgehead atoms. The highest BCUT2D eigenvalue weighted by Crippen LogP contribution is 2.23. The highest BCUT2D eigenvalue weighted by Gasteiger charge is 2.04. The van der Waals surface area contributed by atoms with E-state index in [1.165, 1.54) is 25.7 Å². The van der Waals surface area contributed by atoms with Gasteiger partial charge in [0.2, 0.25) is 5.91 Å². The second kappa shape index (κ2) is 13.1. The van der Waals surface area contributed by atoms with Crippen molar-refractivity contribution in [1.29, 1.82) is 0 Å². The Balaban J connectivity index is 1.40. The van der Waals surface area contributed by atoms with E-state index < -0.39 is 0 Å². The minimum absolute atomic E-state index is 0.121. The third-order valence-corrected chi connectivity index (χ3v) is 4.92. The van der Waals surface area contributed by atoms with E-state index in [4.69, 9.17) is 9.47 Å². The Kier molecular flexibility index (Phi) is 9.46. The van der Waals surface area contributed by atoms with Gasteiger partial charge < -0.3 is 20.1 Å². The van der Waals surface area contributed by atoms with Gasteiger partial charge in [0.05, 0.1) is 13.2 Å². The van der Waals surface area contributed by atoms with Gasteiger partial charge in [-0.25, -0.2) is 0 Å². The van der Waals surface area contributed by atoms with Gasteiger partial charge >= 0.3 is 0 Å². The molecule has 2 N–H and O–H groups in total. The first-order valence-electron chi connectivity index (χ1n) is 11.3. The summed E-state index contributed by atoms with van der Waals surface area (Å²) in [6.45, 7) is 3.10. The average molecular weight is 433 g/mol. The lowest BCUT2D eigenvalue weighted by Gasteiger charge is -2.11. The van der Waals surface area contributed by atoms with E-state index in [1.807, 2.05) is 78.9 Å². The van der Waals surface area contributed by atoms with E-state index in [0.717, 1.165) is 41.7 Å². The SMILES string of the molecule is CCCCCCCOc1cccc(NCC(=O)Nc2ccc(Oc3ccccc3)cc2)c1. The second-order valence-electron chi connectivity index (χ2n) is 7.63. The molecule has 0 heterocycles. The molecule has 1 amide bonds. The summed E-state index contributed by atoms with van der Waals surface area (Å²) >= 11 is 0. The minimum atomic E-state index is -0.121. The number of hydrogen-bond donors (Lipinski definition) is 2. The van der Waals surface area contributed by atoms with Gasteiger partial charge in [-0.2, -0.15) is 0 Å². The summed E-state index contributed by atoms with van der Waals surface area (Å²) in [5.74, 6) is 2.19. The highest BCUT2D eigenvalue weighted by molar-refractivity contribution is 5.93. The van der Waals surface area contributed by atoms with E-state index in [2.05, 4.69) is 17.6 Å². The van der Waals surface area contributed by atoms with Crippen LogP contribution in [0.1, 0.15) is 39.0 Å². The van der Waals surface area contributed by atoms with Gasteiger partial charge in [-0.1, -0.05) is 56.9 Å². The van der Waals surface area contributed by atoms with Gasteiger partial charge in [-0.05, 0) is 55.0 Å². The third kappa shape index (κ3) is 8.34. The lowest BCUT2D eigenvalue weighted by molar-refractivity contribution is -0.114. The van der Waals surface area contributed by atoms with E-state index in [0.29, 0.717) is 0 Å². The molecule has 0 aliphatic carbocycles. The lowest BCUT2D eigenvalue weighted by Crippen LogP contribution is -2.21. The minimum Gasteiger partial charge on any atom is -0.494 e. The molecule has 0 aromatic heterocycles. The molecule has 3 rings (SSSR count). The Morgan fingerprint density at radius 3 is 2.25 bits per heavy atom. The van der Waals surface area contributed by atoms with Crippen molar-refractivity contribution in [3.63, 3.8) is 0 Å². The first-order chi connectivity index (χ1) is 15.7. The molecule has 0 radical (unpaired) electrons. The first kappa shape index (κ1) is 23.2. The Labute approximate surface area is 190 Å². The summed E-state index contributed by atoms with van der Waals surface area (Å²) < 4.78 is 11.6. The first-order valence-corrected chi connectivity index (χ1v) is 11.3. The summed E-state index contributed by atoms with van der Waals surface area (Å²) in [6, 6.07) is 24.6. The van der Waals surface area contributed by atoms with Gasteiger partial charge in [-0.15, -0.1) is 0 Å². The zero-order valence-electron chi connectivity index (χ0n) is 18.7. The number of benzene rings is 3. The van der Waals surface area contributed by atoms with Crippen molar-refractivity contribution in [1.82, 2.24) is 0 Å². The fourth-order valence-electron chi connectivity index (χ4n) is 3.21. The molecule has 0 atom stereocenters. The summed E-state index contributed by atoms with van der Waals surface area (Å²) in [6.07, 6.45) is 6.06. The van der Waals surface area contributed by atoms with Crippen molar-refractivity contribution in [2.45, 2.75) is 39.0 Å². The van der Waals surface area contributed by atoms with E-state index in [1.54, 1.807) is 0 Å². The highest BCUT2D eigenvalue weighted by atomic mass is 16.5. The van der Waals surface area contributed by atoms with Crippen LogP contribution >= 0.6 is 0 Å². The second-order valence-corrected chi connectivity index (χ2v) is 7.63. The van der Waals surface area contributed by atoms with Crippen molar-refractivity contribution in [2.75, 3.05) is 23.8 Å². The molecule has 0 fully saturated rings. The van der Waals surface area contributed by atoms with Crippen molar-refractivity contribution in [3.05, 3.63) is 78.9 Å². The summed E-state index contributed by atoms with van der Waals surface area (Å²) in [5.41, 5.74) is 1.58. The maximum Gasteiger partial charge on any atom is 0.243 e. The van der Waals surface area contributed by atoms with Gasteiger partial charge in [0.1, 0.15) is 17.2 Å². The standard InChI is InChI=1S/C27H32N2O3/c1-2-3-4-5-9-19-31-26-14-10-11-23(20-26)28-21-27(30)29-22-15-17-25(18-16-22)32-24-12-7-6-8-13-24/h6-8,10-18,20,28H,2-5,9,19,21H2,1H3,(H,29,30). The summed E-state index contributed by atoms with van der Waals surface area (Å²) in [4.78, 5) is 12.3. The number of carbonyl (C=O) groups excluding carboxylic acids is 1. The van der Waals surface area contributed by atoms with Crippen LogP contribution in [0.15, 0.2) is 78.9 Å². The molecule has 0 aliphatic rings. The molecule has 0 saturated carbocycles. The normalized spacial score (nSPS) is 10.4. The molecule has 0 aliphatic heterocycles. The molecular formula is C27H32N2O3. The zero-order chi connectivity index (χ0) is 22.4. The number of para-hydroxylation sites is 1. The molecule has 0 spiro atoms. The Bertz CT molecular complexity index is 943. The van der Waals surface area contributed by atoms with E-state index >= 15 is 0 Å². The van der Waals surface area contributed by atoms with Crippen LogP contribution < -0.4 is 20.1 Å². The van der Waals surface area contributed by atoms with Gasteiger partial charge in [0.15, 0.2) is 0 Å². The average Bonchev–Trinajstić information content (AvgIpc) is 2.82. The monoisotopic (exact) mass is 432 g/mol. The summed E-state index contributed by atoms with van der Waals surface area (Å²) in [5, 5.41) is 6.04. The van der Waals surface area contributed by atoms with Crippen LogP contribution in [0, 0.1) is 0 Å². The van der Waals surface area contributed by atoms with E-state index in [9.17, 15) is 4.79 Å². The van der Waals surface area contributed by atoms with Gasteiger partial charge in [-0.3, -0.25) is 4.79 Å². The van der Waals surface area contributed by atoms with E-state index in [-0.39, 0.29) is 12.5 Å². The fraction of sp³-hybridized carbons (Fsp3) is 0.296. The number of nitrogens with one attached hydrogen (secondary N) is 2. The zero-order valence-corrected chi connectivity index (χ0v) is 18.7. The number of unbranched alkanes of at least 4 members (excludes halogenated alkanes) is 4. The molecule has 0 saturated heterocycles. The van der Waals surface area contributed by atoms with Crippen molar-refractivity contribution in [3.8, 4) is 17.2 Å². The van der Waals surface area contributed by atoms with Crippen LogP contribution in [-0.2, 0) is 4.79 Å². The Morgan fingerprint density at radius 2 is 1.47 bits per heavy atom. The molecule has 0 unspecified atom stereocenters. The van der Waals surface area contributed by atoms with Crippen LogP contribution in [-0.4, -0.2) is 19.1 Å². The Hall–Kier alpha value is -3.47. The van der Waals surface area contributed by atoms with Crippen LogP contribution in [0.4, 0.5) is 11.4 Å². The van der Waals surface area contributed by atoms with Gasteiger partial charge in [0, 0.05) is 17.4 Å². The lowest BCUT2D eigenvalue weighted by atomic mass is 10.2. The molecule has 3 aromatic rings. The molecule has 32 heavy (non-hydrogen) atoms. The van der Waals surface area contributed by atoms with Crippen LogP contribution in [0.3, 0.4) is 0 Å². The van der Waals surface area contributed by atoms with Crippen molar-refractivity contribution < 1.29 is 14.3 Å². The quantitative estimate of drug-likeness (QED) is 0.289. The van der Waals surface area contributed by atoms with Crippen LogP contribution in [0.2, 0.25) is 0 Å². The molecule has 5 nitrogen and oxygen atoms in total. The van der Waals surface area contributed by atoms with Crippen LogP contribution in [0.25, 0.3) is 0 Å². The van der Waals surface area contributed by atoms with Crippen molar-refractivity contribution >= 4 is 17.3 Å². The van der Waals surface area contributed by atoms with Crippen LogP contribution in [0.5, 0.6) is 17.2 Å². The summed E-state index contributed by atoms with van der Waals surface area (Å²) in [7, 11) is 0. The number of carbonyl (C=O) groups is 1. The topological polar surface area (TPSA) is 59.6 Å². The van der Waals surface area contributed by atoms with Crippen molar-refractivity contribution in [2.24, 2.45) is 0 Å². The maximum atomic E-state index is 12.3. The largest absolute Gasteiger partial charge is 0.494 e. The predicted molar refractivity (Wildman–Crippen MR) is 131 cm³/mol. The maximum absolute atomic E-state index is 12.3. The fourth-order valence-corrected chi connectivity index (χ4v) is 3.21. The molecule has 168 valence electrons. The molecule has 5 heteroatoms. The predicted octanol–water partition coefficient (Wildman–Crippen LogP) is 6.88. The smallest absolute Gasteiger partial charge is 0.243 e. The number of rotatable bonds is 13. The Morgan fingerprint density at radius 1 is 0.750 bits per heavy atom. The van der Waals surface area contributed by atoms with Gasteiger partial charge in [0.25, 0.3) is 0 Å². The number of hydrogen-bond acceptors (Lipinski definition) is 4.